The number of nitrogens with one attached hydrogen (secondary N) is 1. The van der Waals surface area contributed by atoms with Crippen molar-refractivity contribution in [2.45, 2.75) is 11.8 Å². The minimum atomic E-state index is -3.91. The molecule has 5 nitrogen and oxygen atoms in total. The summed E-state index contributed by atoms with van der Waals surface area (Å²) in [6.07, 6.45) is 0. The van der Waals surface area contributed by atoms with Crippen LogP contribution in [0.2, 0.25) is 5.02 Å². The predicted molar refractivity (Wildman–Crippen MR) is 105 cm³/mol. The first kappa shape index (κ1) is 18.9. The van der Waals surface area contributed by atoms with Crippen molar-refractivity contribution in [1.82, 2.24) is 0 Å². The maximum Gasteiger partial charge on any atom is 0.339 e. The van der Waals surface area contributed by atoms with Crippen LogP contribution < -0.4 is 9.50 Å². The molecule has 0 saturated carbocycles. The molecule has 0 bridgehead atoms. The Hall–Kier alpha value is -2.83. The van der Waals surface area contributed by atoms with Gasteiger partial charge in [-0.2, -0.15) is 8.42 Å². The summed E-state index contributed by atoms with van der Waals surface area (Å²) in [6, 6.07) is 18.9. The summed E-state index contributed by atoms with van der Waals surface area (Å²) in [5.74, 6) is -0.146. The van der Waals surface area contributed by atoms with Crippen LogP contribution in [0.1, 0.15) is 15.9 Å². The van der Waals surface area contributed by atoms with Crippen molar-refractivity contribution in [2.75, 3.05) is 5.32 Å². The van der Waals surface area contributed by atoms with E-state index in [1.807, 2.05) is 6.92 Å². The van der Waals surface area contributed by atoms with Gasteiger partial charge in [-0.25, -0.2) is 0 Å². The predicted octanol–water partition coefficient (Wildman–Crippen LogP) is 4.67. The van der Waals surface area contributed by atoms with E-state index in [1.54, 1.807) is 48.5 Å². The number of rotatable bonds is 5. The maximum absolute atomic E-state index is 12.3. The zero-order valence-electron chi connectivity index (χ0n) is 14.3. The fraction of sp³-hybridized carbons (Fsp3) is 0.0500. The average Bonchev–Trinajstić information content (AvgIpc) is 2.64. The van der Waals surface area contributed by atoms with Crippen LogP contribution in [0.4, 0.5) is 5.69 Å². The molecular formula is C20H16ClNO4S. The highest BCUT2D eigenvalue weighted by molar-refractivity contribution is 7.87. The van der Waals surface area contributed by atoms with Gasteiger partial charge in [0.05, 0.1) is 0 Å². The third-order valence-corrected chi connectivity index (χ3v) is 5.25. The number of hydrogen-bond acceptors (Lipinski definition) is 4. The van der Waals surface area contributed by atoms with Gasteiger partial charge >= 0.3 is 10.1 Å². The van der Waals surface area contributed by atoms with Gasteiger partial charge in [-0.1, -0.05) is 29.3 Å². The van der Waals surface area contributed by atoms with E-state index < -0.39 is 10.1 Å². The van der Waals surface area contributed by atoms with E-state index in [2.05, 4.69) is 5.32 Å². The van der Waals surface area contributed by atoms with Gasteiger partial charge in [0, 0.05) is 16.3 Å². The lowest BCUT2D eigenvalue weighted by Gasteiger charge is -2.09. The van der Waals surface area contributed by atoms with E-state index >= 15 is 0 Å². The molecule has 0 radical (unpaired) electrons. The van der Waals surface area contributed by atoms with Crippen molar-refractivity contribution in [3.05, 3.63) is 88.9 Å². The minimum absolute atomic E-state index is 0.0771. The molecule has 0 heterocycles. The van der Waals surface area contributed by atoms with Crippen LogP contribution in [-0.4, -0.2) is 14.3 Å². The van der Waals surface area contributed by atoms with Gasteiger partial charge < -0.3 is 9.50 Å². The Kier molecular flexibility index (Phi) is 5.48. The molecule has 3 aromatic rings. The quantitative estimate of drug-likeness (QED) is 0.630. The van der Waals surface area contributed by atoms with E-state index in [-0.39, 0.29) is 16.6 Å². The lowest BCUT2D eigenvalue weighted by atomic mass is 10.2. The molecule has 1 amide bonds. The monoisotopic (exact) mass is 401 g/mol. The van der Waals surface area contributed by atoms with E-state index in [9.17, 15) is 13.2 Å². The molecule has 0 spiro atoms. The molecular weight excluding hydrogens is 386 g/mol. The second-order valence-electron chi connectivity index (χ2n) is 5.84. The molecule has 0 aliphatic rings. The molecule has 138 valence electrons. The van der Waals surface area contributed by atoms with Crippen LogP contribution in [0.25, 0.3) is 0 Å². The maximum atomic E-state index is 12.3. The van der Waals surface area contributed by atoms with Crippen LogP contribution in [0.3, 0.4) is 0 Å². The Morgan fingerprint density at radius 3 is 2.07 bits per heavy atom. The number of carbonyl (C=O) groups excluding carboxylic acids is 1. The molecule has 1 N–H and O–H groups in total. The summed E-state index contributed by atoms with van der Waals surface area (Å²) in [4.78, 5) is 12.2. The number of carbonyl (C=O) groups is 1. The smallest absolute Gasteiger partial charge is 0.339 e. The molecule has 0 aliphatic carbocycles. The first-order valence-corrected chi connectivity index (χ1v) is 9.80. The summed E-state index contributed by atoms with van der Waals surface area (Å²) in [6.45, 7) is 1.87. The Bertz CT molecular complexity index is 1040. The molecule has 3 aromatic carbocycles. The average molecular weight is 402 g/mol. The molecule has 0 fully saturated rings. The molecule has 7 heteroatoms. The zero-order chi connectivity index (χ0) is 19.4. The topological polar surface area (TPSA) is 72.5 Å². The molecule has 3 rings (SSSR count). The fourth-order valence-corrected chi connectivity index (χ4v) is 3.33. The molecule has 0 aromatic heterocycles. The highest BCUT2D eigenvalue weighted by Gasteiger charge is 2.16. The molecule has 0 aliphatic heterocycles. The third kappa shape index (κ3) is 4.87. The number of halogens is 1. The van der Waals surface area contributed by atoms with E-state index in [0.717, 1.165) is 5.56 Å². The van der Waals surface area contributed by atoms with E-state index in [0.29, 0.717) is 16.3 Å². The van der Waals surface area contributed by atoms with Crippen LogP contribution in [0.5, 0.6) is 5.75 Å². The van der Waals surface area contributed by atoms with Crippen LogP contribution in [-0.2, 0) is 10.1 Å². The van der Waals surface area contributed by atoms with Crippen molar-refractivity contribution in [1.29, 1.82) is 0 Å². The normalized spacial score (nSPS) is 11.0. The van der Waals surface area contributed by atoms with Gasteiger partial charge in [-0.15, -0.1) is 0 Å². The highest BCUT2D eigenvalue weighted by atomic mass is 35.5. The van der Waals surface area contributed by atoms with E-state index in [4.69, 9.17) is 15.8 Å². The first-order valence-electron chi connectivity index (χ1n) is 8.02. The molecule has 0 saturated heterocycles. The summed E-state index contributed by atoms with van der Waals surface area (Å²) < 4.78 is 29.7. The Morgan fingerprint density at radius 1 is 0.889 bits per heavy atom. The number of amides is 1. The van der Waals surface area contributed by atoms with Crippen molar-refractivity contribution < 1.29 is 17.4 Å². The molecule has 0 atom stereocenters. The standard InChI is InChI=1S/C20H16ClNO4S/c1-14-2-12-19(13-3-14)27(24,25)26-18-10-8-17(9-11-18)22-20(23)15-4-6-16(21)7-5-15/h2-13H,1H3,(H,22,23). The summed E-state index contributed by atoms with van der Waals surface area (Å²) >= 11 is 5.80. The van der Waals surface area contributed by atoms with Crippen LogP contribution in [0.15, 0.2) is 77.7 Å². The Morgan fingerprint density at radius 2 is 1.48 bits per heavy atom. The number of anilines is 1. The van der Waals surface area contributed by atoms with Gasteiger partial charge in [0.2, 0.25) is 0 Å². The fourth-order valence-electron chi connectivity index (χ4n) is 2.28. The van der Waals surface area contributed by atoms with Gasteiger partial charge in [0.15, 0.2) is 0 Å². The van der Waals surface area contributed by atoms with Crippen molar-refractivity contribution in [2.24, 2.45) is 0 Å². The summed E-state index contributed by atoms with van der Waals surface area (Å²) in [7, 11) is -3.91. The number of aryl methyl sites for hydroxylation is 1. The number of hydrogen-bond donors (Lipinski definition) is 1. The Balaban J connectivity index is 1.69. The lowest BCUT2D eigenvalue weighted by molar-refractivity contribution is 0.102. The minimum Gasteiger partial charge on any atom is -0.379 e. The SMILES string of the molecule is Cc1ccc(S(=O)(=O)Oc2ccc(NC(=O)c3ccc(Cl)cc3)cc2)cc1. The summed E-state index contributed by atoms with van der Waals surface area (Å²) in [5, 5.41) is 3.26. The van der Waals surface area contributed by atoms with Crippen LogP contribution in [0, 0.1) is 6.92 Å². The Labute approximate surface area is 162 Å². The lowest BCUT2D eigenvalue weighted by Crippen LogP contribution is -2.12. The van der Waals surface area contributed by atoms with Crippen LogP contribution >= 0.6 is 11.6 Å². The van der Waals surface area contributed by atoms with Gasteiger partial charge in [0.1, 0.15) is 10.6 Å². The van der Waals surface area contributed by atoms with Gasteiger partial charge in [0.25, 0.3) is 5.91 Å². The van der Waals surface area contributed by atoms with E-state index in [1.165, 1.54) is 24.3 Å². The second kappa shape index (κ2) is 7.82. The first-order chi connectivity index (χ1) is 12.8. The van der Waals surface area contributed by atoms with Gasteiger partial charge in [-0.05, 0) is 67.6 Å². The highest BCUT2D eigenvalue weighted by Crippen LogP contribution is 2.21. The molecule has 0 unspecified atom stereocenters. The third-order valence-electron chi connectivity index (χ3n) is 3.73. The molecule has 27 heavy (non-hydrogen) atoms. The largest absolute Gasteiger partial charge is 0.379 e. The van der Waals surface area contributed by atoms with Crippen molar-refractivity contribution >= 4 is 33.3 Å². The summed E-state index contributed by atoms with van der Waals surface area (Å²) in [5.41, 5.74) is 1.92. The van der Waals surface area contributed by atoms with Gasteiger partial charge in [-0.3, -0.25) is 4.79 Å². The zero-order valence-corrected chi connectivity index (χ0v) is 15.9. The van der Waals surface area contributed by atoms with Crippen molar-refractivity contribution in [3.63, 3.8) is 0 Å². The van der Waals surface area contributed by atoms with Crippen molar-refractivity contribution in [3.8, 4) is 5.75 Å². The number of benzene rings is 3. The second-order valence-corrected chi connectivity index (χ2v) is 7.82.